The van der Waals surface area contributed by atoms with Crippen LogP contribution in [0, 0.1) is 6.92 Å². The van der Waals surface area contributed by atoms with Crippen molar-refractivity contribution in [2.45, 2.75) is 41.2 Å². The molecular weight excluding hydrogens is 422 g/mol. The van der Waals surface area contributed by atoms with Gasteiger partial charge in [-0.15, -0.1) is 11.8 Å². The number of fused-ring (bicyclic) bond motifs is 1. The molecule has 0 bridgehead atoms. The Kier molecular flexibility index (Phi) is 5.86. The molecule has 2 N–H and O–H groups in total. The number of thioether (sulfide) groups is 1. The lowest BCUT2D eigenvalue weighted by Crippen LogP contribution is -2.45. The molecule has 9 heteroatoms. The molecule has 0 radical (unpaired) electrons. The Morgan fingerprint density at radius 1 is 1.03 bits per heavy atom. The highest BCUT2D eigenvalue weighted by molar-refractivity contribution is 8.01. The van der Waals surface area contributed by atoms with Gasteiger partial charge in [0, 0.05) is 23.5 Å². The third-order valence-electron chi connectivity index (χ3n) is 5.31. The Labute approximate surface area is 180 Å². The molecule has 0 aromatic heterocycles. The van der Waals surface area contributed by atoms with Crippen LogP contribution in [-0.4, -0.2) is 42.9 Å². The second-order valence-electron chi connectivity index (χ2n) is 7.50. The van der Waals surface area contributed by atoms with Crippen LogP contribution in [0.1, 0.15) is 34.3 Å². The first-order valence-corrected chi connectivity index (χ1v) is 12.1. The molecule has 0 aliphatic carbocycles. The summed E-state index contributed by atoms with van der Waals surface area (Å²) < 4.78 is 26.6. The maximum absolute atomic E-state index is 12.6. The van der Waals surface area contributed by atoms with Crippen molar-refractivity contribution < 1.29 is 18.0 Å². The largest absolute Gasteiger partial charge is 0.272 e. The van der Waals surface area contributed by atoms with Gasteiger partial charge in [0.2, 0.25) is 10.0 Å². The fourth-order valence-electron chi connectivity index (χ4n) is 3.61. The number of amides is 2. The SMILES string of the molecule is Cc1ccc2c(c1)SC(C(=O)NNC(=O)c1ccc(S(=O)(=O)N3CCCC3)cc1)C2. The van der Waals surface area contributed by atoms with Crippen molar-refractivity contribution >= 4 is 33.6 Å². The van der Waals surface area contributed by atoms with Crippen LogP contribution in [0.4, 0.5) is 0 Å². The molecule has 7 nitrogen and oxygen atoms in total. The van der Waals surface area contributed by atoms with Gasteiger partial charge in [0.25, 0.3) is 11.8 Å². The summed E-state index contributed by atoms with van der Waals surface area (Å²) in [5, 5.41) is -0.296. The number of benzene rings is 2. The van der Waals surface area contributed by atoms with E-state index in [0.717, 1.165) is 28.9 Å². The van der Waals surface area contributed by atoms with Crippen LogP contribution in [0.3, 0.4) is 0 Å². The number of hydrogen-bond donors (Lipinski definition) is 2. The van der Waals surface area contributed by atoms with Crippen molar-refractivity contribution in [3.8, 4) is 0 Å². The first kappa shape index (κ1) is 20.9. The lowest BCUT2D eigenvalue weighted by atomic mass is 10.1. The number of carbonyl (C=O) groups is 2. The lowest BCUT2D eigenvalue weighted by Gasteiger charge is -2.15. The maximum Gasteiger partial charge on any atom is 0.269 e. The van der Waals surface area contributed by atoms with Crippen molar-refractivity contribution in [1.29, 1.82) is 0 Å². The Hall–Kier alpha value is -2.36. The van der Waals surface area contributed by atoms with E-state index in [1.807, 2.05) is 19.1 Å². The minimum absolute atomic E-state index is 0.167. The van der Waals surface area contributed by atoms with Crippen LogP contribution < -0.4 is 10.9 Å². The van der Waals surface area contributed by atoms with E-state index in [1.54, 1.807) is 0 Å². The second kappa shape index (κ2) is 8.41. The summed E-state index contributed by atoms with van der Waals surface area (Å²) in [5.74, 6) is -0.764. The van der Waals surface area contributed by atoms with Gasteiger partial charge in [0.1, 0.15) is 0 Å². The fraction of sp³-hybridized carbons (Fsp3) is 0.333. The van der Waals surface area contributed by atoms with E-state index in [-0.39, 0.29) is 21.6 Å². The van der Waals surface area contributed by atoms with E-state index in [4.69, 9.17) is 0 Å². The summed E-state index contributed by atoms with van der Waals surface area (Å²) in [6, 6.07) is 11.9. The average molecular weight is 446 g/mol. The number of rotatable bonds is 4. The molecular formula is C21H23N3O4S2. The highest BCUT2D eigenvalue weighted by Gasteiger charge is 2.29. The monoisotopic (exact) mass is 445 g/mol. The first-order chi connectivity index (χ1) is 14.3. The summed E-state index contributed by atoms with van der Waals surface area (Å²) in [7, 11) is -3.52. The lowest BCUT2D eigenvalue weighted by molar-refractivity contribution is -0.121. The molecule has 4 rings (SSSR count). The van der Waals surface area contributed by atoms with Crippen LogP contribution in [0.25, 0.3) is 0 Å². The van der Waals surface area contributed by atoms with Gasteiger partial charge in [-0.2, -0.15) is 4.31 Å². The van der Waals surface area contributed by atoms with Crippen LogP contribution in [0.5, 0.6) is 0 Å². The van der Waals surface area contributed by atoms with Gasteiger partial charge in [-0.1, -0.05) is 17.7 Å². The molecule has 1 unspecified atom stereocenters. The topological polar surface area (TPSA) is 95.6 Å². The summed E-state index contributed by atoms with van der Waals surface area (Å²) in [6.07, 6.45) is 2.35. The third kappa shape index (κ3) is 4.23. The molecule has 2 heterocycles. The van der Waals surface area contributed by atoms with Crippen LogP contribution >= 0.6 is 11.8 Å². The summed E-state index contributed by atoms with van der Waals surface area (Å²) in [4.78, 5) is 26.0. The minimum atomic E-state index is -3.52. The smallest absolute Gasteiger partial charge is 0.269 e. The summed E-state index contributed by atoms with van der Waals surface area (Å²) in [5.41, 5.74) is 7.44. The van der Waals surface area contributed by atoms with Crippen molar-refractivity contribution in [2.24, 2.45) is 0 Å². The number of nitrogens with one attached hydrogen (secondary N) is 2. The summed E-state index contributed by atoms with van der Waals surface area (Å²) in [6.45, 7) is 3.06. The van der Waals surface area contributed by atoms with E-state index in [9.17, 15) is 18.0 Å². The number of sulfonamides is 1. The molecule has 2 aromatic carbocycles. The van der Waals surface area contributed by atoms with Crippen LogP contribution in [0.2, 0.25) is 0 Å². The van der Waals surface area contributed by atoms with Crippen LogP contribution in [-0.2, 0) is 21.2 Å². The van der Waals surface area contributed by atoms with E-state index < -0.39 is 15.9 Å². The predicted molar refractivity (Wildman–Crippen MR) is 115 cm³/mol. The Morgan fingerprint density at radius 2 is 1.73 bits per heavy atom. The first-order valence-electron chi connectivity index (χ1n) is 9.81. The number of carbonyl (C=O) groups excluding carboxylic acids is 2. The van der Waals surface area contributed by atoms with Crippen molar-refractivity contribution in [2.75, 3.05) is 13.1 Å². The van der Waals surface area contributed by atoms with Gasteiger partial charge in [-0.3, -0.25) is 20.4 Å². The Balaban J connectivity index is 1.34. The van der Waals surface area contributed by atoms with Crippen molar-refractivity contribution in [3.63, 3.8) is 0 Å². The molecule has 158 valence electrons. The highest BCUT2D eigenvalue weighted by atomic mass is 32.2. The number of hydrogen-bond acceptors (Lipinski definition) is 5. The molecule has 1 saturated heterocycles. The molecule has 0 spiro atoms. The van der Waals surface area contributed by atoms with Crippen molar-refractivity contribution in [3.05, 3.63) is 59.2 Å². The number of nitrogens with zero attached hydrogens (tertiary/aromatic N) is 1. The van der Waals surface area contributed by atoms with Crippen LogP contribution in [0.15, 0.2) is 52.3 Å². The normalized spacial score (nSPS) is 18.8. The minimum Gasteiger partial charge on any atom is -0.272 e. The van der Waals surface area contributed by atoms with E-state index >= 15 is 0 Å². The number of hydrazine groups is 1. The van der Waals surface area contributed by atoms with Gasteiger partial charge in [-0.05, 0) is 62.1 Å². The molecule has 2 aliphatic heterocycles. The van der Waals surface area contributed by atoms with E-state index in [1.165, 1.54) is 40.3 Å². The standard InChI is InChI=1S/C21H23N3O4S2/c1-14-4-5-16-13-19(29-18(16)12-14)21(26)23-22-20(25)15-6-8-17(9-7-15)30(27,28)24-10-2-3-11-24/h4-9,12,19H,2-3,10-11,13H2,1H3,(H,22,25)(H,23,26). The number of aryl methyl sites for hydroxylation is 1. The predicted octanol–water partition coefficient (Wildman–Crippen LogP) is 2.26. The van der Waals surface area contributed by atoms with Gasteiger partial charge in [-0.25, -0.2) is 8.42 Å². The fourth-order valence-corrected chi connectivity index (χ4v) is 6.42. The Bertz CT molecular complexity index is 1080. The van der Waals surface area contributed by atoms with E-state index in [0.29, 0.717) is 19.5 Å². The molecule has 1 atom stereocenters. The molecule has 2 amide bonds. The molecule has 0 saturated carbocycles. The third-order valence-corrected chi connectivity index (χ3v) is 8.52. The zero-order valence-electron chi connectivity index (χ0n) is 16.6. The van der Waals surface area contributed by atoms with Gasteiger partial charge in [0.15, 0.2) is 0 Å². The van der Waals surface area contributed by atoms with Gasteiger partial charge < -0.3 is 0 Å². The zero-order chi connectivity index (χ0) is 21.3. The summed E-state index contributed by atoms with van der Waals surface area (Å²) >= 11 is 1.49. The molecule has 2 aromatic rings. The Morgan fingerprint density at radius 3 is 2.43 bits per heavy atom. The van der Waals surface area contributed by atoms with E-state index in [2.05, 4.69) is 16.9 Å². The molecule has 1 fully saturated rings. The maximum atomic E-state index is 12.6. The quantitative estimate of drug-likeness (QED) is 0.704. The highest BCUT2D eigenvalue weighted by Crippen LogP contribution is 2.37. The average Bonchev–Trinajstić information content (AvgIpc) is 3.42. The zero-order valence-corrected chi connectivity index (χ0v) is 18.2. The second-order valence-corrected chi connectivity index (χ2v) is 10.7. The van der Waals surface area contributed by atoms with Crippen molar-refractivity contribution in [1.82, 2.24) is 15.2 Å². The molecule has 30 heavy (non-hydrogen) atoms. The molecule has 2 aliphatic rings. The van der Waals surface area contributed by atoms with Gasteiger partial charge in [0.05, 0.1) is 10.1 Å². The van der Waals surface area contributed by atoms with Gasteiger partial charge >= 0.3 is 0 Å².